The van der Waals surface area contributed by atoms with E-state index in [0.29, 0.717) is 23.8 Å². The summed E-state index contributed by atoms with van der Waals surface area (Å²) < 4.78 is 5.56. The van der Waals surface area contributed by atoms with E-state index in [0.717, 1.165) is 10.9 Å². The Hall–Kier alpha value is -3.58. The first-order chi connectivity index (χ1) is 14.0. The van der Waals surface area contributed by atoms with Gasteiger partial charge < -0.3 is 9.84 Å². The topological polar surface area (TPSA) is 63.6 Å². The van der Waals surface area contributed by atoms with Gasteiger partial charge in [0.1, 0.15) is 6.10 Å². The van der Waals surface area contributed by atoms with Crippen molar-refractivity contribution in [3.8, 4) is 11.8 Å². The molecule has 0 aliphatic heterocycles. The average Bonchev–Trinajstić information content (AvgIpc) is 2.75. The van der Waals surface area contributed by atoms with E-state index >= 15 is 0 Å². The van der Waals surface area contributed by atoms with Crippen molar-refractivity contribution in [1.29, 1.82) is 0 Å². The molecule has 0 bridgehead atoms. The predicted molar refractivity (Wildman–Crippen MR) is 113 cm³/mol. The lowest BCUT2D eigenvalue weighted by Gasteiger charge is -2.17. The number of carboxylic acid groups (broad SMARTS) is 1. The smallest absolute Gasteiger partial charge is 0.339 e. The number of esters is 1. The first kappa shape index (κ1) is 20.2. The number of hydrogen-bond donors (Lipinski definition) is 1. The Morgan fingerprint density at radius 3 is 2.17 bits per heavy atom. The molecular formula is C25H22O4. The van der Waals surface area contributed by atoms with Gasteiger partial charge in [-0.2, -0.15) is 0 Å². The van der Waals surface area contributed by atoms with Crippen LogP contribution in [-0.4, -0.2) is 23.1 Å². The van der Waals surface area contributed by atoms with Gasteiger partial charge in [-0.15, -0.1) is 0 Å². The maximum Gasteiger partial charge on any atom is 0.339 e. The number of benzene rings is 3. The molecule has 4 heteroatoms. The second-order valence-corrected chi connectivity index (χ2v) is 6.66. The summed E-state index contributed by atoms with van der Waals surface area (Å²) in [5, 5.41) is 11.0. The molecular weight excluding hydrogens is 364 g/mol. The van der Waals surface area contributed by atoms with Crippen molar-refractivity contribution in [1.82, 2.24) is 0 Å². The number of carbonyl (C=O) groups excluding carboxylic acids is 1. The fraction of sp³-hybridized carbons (Fsp3) is 0.200. The number of aromatic carboxylic acids is 1. The largest absolute Gasteiger partial charge is 0.478 e. The predicted octanol–water partition coefficient (Wildman–Crippen LogP) is 5.28. The minimum atomic E-state index is -1.19. The molecule has 0 saturated heterocycles. The van der Waals surface area contributed by atoms with Crippen LogP contribution in [-0.2, 0) is 4.74 Å². The van der Waals surface area contributed by atoms with Gasteiger partial charge in [0.05, 0.1) is 11.1 Å². The van der Waals surface area contributed by atoms with Gasteiger partial charge in [-0.05, 0) is 41.8 Å². The minimum absolute atomic E-state index is 0.0743. The lowest BCUT2D eigenvalue weighted by Crippen LogP contribution is -2.19. The summed E-state index contributed by atoms with van der Waals surface area (Å²) in [7, 11) is 0. The van der Waals surface area contributed by atoms with E-state index in [4.69, 9.17) is 4.74 Å². The molecule has 0 fully saturated rings. The highest BCUT2D eigenvalue weighted by Gasteiger charge is 2.24. The van der Waals surface area contributed by atoms with E-state index in [1.165, 1.54) is 6.07 Å². The zero-order valence-electron chi connectivity index (χ0n) is 16.4. The Morgan fingerprint density at radius 1 is 0.931 bits per heavy atom. The van der Waals surface area contributed by atoms with Gasteiger partial charge in [-0.25, -0.2) is 9.59 Å². The highest BCUT2D eigenvalue weighted by molar-refractivity contribution is 6.13. The van der Waals surface area contributed by atoms with Gasteiger partial charge in [-0.3, -0.25) is 0 Å². The molecule has 3 rings (SSSR count). The van der Waals surface area contributed by atoms with Crippen LogP contribution in [0.5, 0.6) is 0 Å². The Labute approximate surface area is 170 Å². The molecule has 0 radical (unpaired) electrons. The third-order valence-corrected chi connectivity index (χ3v) is 4.78. The summed E-state index contributed by atoms with van der Waals surface area (Å²) in [5.41, 5.74) is 1.36. The van der Waals surface area contributed by atoms with Crippen LogP contribution >= 0.6 is 0 Å². The number of ether oxygens (including phenoxy) is 1. The molecule has 1 N–H and O–H groups in total. The van der Waals surface area contributed by atoms with Gasteiger partial charge in [-0.1, -0.05) is 68.2 Å². The standard InChI is InChI=1S/C25H22O4/c1-3-19(4-2)29-25(28)23-21-13-9-8-12-20(21)18(16-22(23)24(26)27)15-14-17-10-6-5-7-11-17/h5-13,16,19H,3-4H2,1-2H3,(H,26,27). The maximum absolute atomic E-state index is 12.9. The number of carboxylic acids is 1. The van der Waals surface area contributed by atoms with Crippen LogP contribution in [0.4, 0.5) is 0 Å². The molecule has 0 amide bonds. The summed E-state index contributed by atoms with van der Waals surface area (Å²) in [4.78, 5) is 24.8. The van der Waals surface area contributed by atoms with Gasteiger partial charge >= 0.3 is 11.9 Å². The van der Waals surface area contributed by atoms with Crippen LogP contribution in [0.3, 0.4) is 0 Å². The van der Waals surface area contributed by atoms with Crippen molar-refractivity contribution < 1.29 is 19.4 Å². The Balaban J connectivity index is 2.19. The number of carbonyl (C=O) groups is 2. The minimum Gasteiger partial charge on any atom is -0.478 e. The molecule has 3 aromatic carbocycles. The summed E-state index contributed by atoms with van der Waals surface area (Å²) in [5.74, 6) is 4.32. The van der Waals surface area contributed by atoms with Crippen molar-refractivity contribution in [2.45, 2.75) is 32.8 Å². The highest BCUT2D eigenvalue weighted by atomic mass is 16.5. The quantitative estimate of drug-likeness (QED) is 0.478. The molecule has 0 aliphatic rings. The van der Waals surface area contributed by atoms with Crippen molar-refractivity contribution in [3.05, 3.63) is 82.9 Å². The molecule has 29 heavy (non-hydrogen) atoms. The third-order valence-electron chi connectivity index (χ3n) is 4.78. The fourth-order valence-corrected chi connectivity index (χ4v) is 3.19. The third kappa shape index (κ3) is 4.47. The van der Waals surface area contributed by atoms with Crippen LogP contribution in [0.15, 0.2) is 60.7 Å². The van der Waals surface area contributed by atoms with Gasteiger partial charge in [0.15, 0.2) is 0 Å². The molecule has 4 nitrogen and oxygen atoms in total. The lowest BCUT2D eigenvalue weighted by molar-refractivity contribution is 0.0281. The molecule has 0 heterocycles. The summed E-state index contributed by atoms with van der Waals surface area (Å²) in [6.45, 7) is 3.86. The number of fused-ring (bicyclic) bond motifs is 1. The van der Waals surface area contributed by atoms with Crippen molar-refractivity contribution in [3.63, 3.8) is 0 Å². The molecule has 0 unspecified atom stereocenters. The number of rotatable bonds is 5. The lowest BCUT2D eigenvalue weighted by atomic mass is 9.94. The van der Waals surface area contributed by atoms with Crippen LogP contribution in [0, 0.1) is 11.8 Å². The Kier molecular flexibility index (Phi) is 6.31. The normalized spacial score (nSPS) is 10.4. The molecule has 0 spiro atoms. The second-order valence-electron chi connectivity index (χ2n) is 6.66. The van der Waals surface area contributed by atoms with E-state index in [9.17, 15) is 14.7 Å². The van der Waals surface area contributed by atoms with E-state index in [1.807, 2.05) is 56.3 Å². The highest BCUT2D eigenvalue weighted by Crippen LogP contribution is 2.28. The van der Waals surface area contributed by atoms with E-state index in [-0.39, 0.29) is 17.2 Å². The van der Waals surface area contributed by atoms with E-state index < -0.39 is 11.9 Å². The maximum atomic E-state index is 12.9. The van der Waals surface area contributed by atoms with Crippen LogP contribution in [0.2, 0.25) is 0 Å². The van der Waals surface area contributed by atoms with Crippen LogP contribution in [0.1, 0.15) is 58.5 Å². The molecule has 0 aliphatic carbocycles. The van der Waals surface area contributed by atoms with E-state index in [1.54, 1.807) is 12.1 Å². The van der Waals surface area contributed by atoms with Crippen molar-refractivity contribution >= 4 is 22.7 Å². The van der Waals surface area contributed by atoms with Crippen LogP contribution < -0.4 is 0 Å². The summed E-state index contributed by atoms with van der Waals surface area (Å²) >= 11 is 0. The zero-order valence-corrected chi connectivity index (χ0v) is 16.4. The zero-order chi connectivity index (χ0) is 20.8. The first-order valence-corrected chi connectivity index (χ1v) is 9.62. The van der Waals surface area contributed by atoms with Gasteiger partial charge in [0.2, 0.25) is 0 Å². The second kappa shape index (κ2) is 9.07. The summed E-state index contributed by atoms with van der Waals surface area (Å²) in [6.07, 6.45) is 1.09. The average molecular weight is 386 g/mol. The fourth-order valence-electron chi connectivity index (χ4n) is 3.19. The SMILES string of the molecule is CCC(CC)OC(=O)c1c(C(=O)O)cc(C#Cc2ccccc2)c2ccccc12. The van der Waals surface area contributed by atoms with Crippen LogP contribution in [0.25, 0.3) is 10.8 Å². The van der Waals surface area contributed by atoms with Crippen molar-refractivity contribution in [2.24, 2.45) is 0 Å². The Bertz CT molecular complexity index is 1100. The molecule has 146 valence electrons. The first-order valence-electron chi connectivity index (χ1n) is 9.62. The van der Waals surface area contributed by atoms with Gasteiger partial charge in [0.25, 0.3) is 0 Å². The Morgan fingerprint density at radius 2 is 1.55 bits per heavy atom. The van der Waals surface area contributed by atoms with Crippen molar-refractivity contribution in [2.75, 3.05) is 0 Å². The monoisotopic (exact) mass is 386 g/mol. The number of hydrogen-bond acceptors (Lipinski definition) is 3. The van der Waals surface area contributed by atoms with Gasteiger partial charge in [0, 0.05) is 11.1 Å². The molecule has 0 aromatic heterocycles. The molecule has 3 aromatic rings. The molecule has 0 atom stereocenters. The van der Waals surface area contributed by atoms with E-state index in [2.05, 4.69) is 11.8 Å². The summed E-state index contributed by atoms with van der Waals surface area (Å²) in [6, 6.07) is 18.1. The molecule has 0 saturated carbocycles.